The highest BCUT2D eigenvalue weighted by atomic mass is 16.5. The molecule has 0 unspecified atom stereocenters. The molecular formula is C43H67NO5. The van der Waals surface area contributed by atoms with Crippen LogP contribution >= 0.6 is 0 Å². The summed E-state index contributed by atoms with van der Waals surface area (Å²) in [5, 5.41) is 9.42. The molecule has 49 heavy (non-hydrogen) atoms. The van der Waals surface area contributed by atoms with Crippen LogP contribution in [0.15, 0.2) is 12.2 Å². The Balaban J connectivity index is 1.14. The van der Waals surface area contributed by atoms with E-state index >= 15 is 0 Å². The number of aliphatic carboxylic acids is 1. The average Bonchev–Trinajstić information content (AvgIpc) is 3.35. The number of likely N-dealkylation sites (tertiary alicyclic amines) is 1. The predicted molar refractivity (Wildman–Crippen MR) is 192 cm³/mol. The van der Waals surface area contributed by atoms with Crippen LogP contribution in [0, 0.1) is 73.9 Å². The van der Waals surface area contributed by atoms with Crippen LogP contribution in [0.3, 0.4) is 0 Å². The van der Waals surface area contributed by atoms with Crippen molar-refractivity contribution in [2.45, 2.75) is 151 Å². The molecule has 12 atom stereocenters. The number of piperidine rings is 1. The Morgan fingerprint density at radius 1 is 0.776 bits per heavy atom. The quantitative estimate of drug-likeness (QED) is 0.224. The van der Waals surface area contributed by atoms with Gasteiger partial charge in [0.25, 0.3) is 0 Å². The van der Waals surface area contributed by atoms with E-state index in [1.165, 1.54) is 31.3 Å². The molecule has 1 aliphatic heterocycles. The van der Waals surface area contributed by atoms with Gasteiger partial charge in [-0.1, -0.05) is 60.6 Å². The van der Waals surface area contributed by atoms with Gasteiger partial charge in [-0.25, -0.2) is 0 Å². The molecule has 0 radical (unpaired) electrons. The number of carboxylic acids is 1. The molecule has 0 spiro atoms. The van der Waals surface area contributed by atoms with Crippen LogP contribution in [-0.2, 0) is 19.1 Å². The predicted octanol–water partition coefficient (Wildman–Crippen LogP) is 9.32. The van der Waals surface area contributed by atoms with Gasteiger partial charge in [0.05, 0.1) is 11.3 Å². The van der Waals surface area contributed by atoms with E-state index in [4.69, 9.17) is 4.74 Å². The number of hydrogen-bond donors (Lipinski definition) is 1. The summed E-state index contributed by atoms with van der Waals surface area (Å²) in [7, 11) is 0. The highest BCUT2D eigenvalue weighted by molar-refractivity contribution is 5.84. The number of amides is 1. The molecule has 6 nitrogen and oxygen atoms in total. The minimum atomic E-state index is -0.837. The average molecular weight is 678 g/mol. The molecule has 0 bridgehead atoms. The van der Waals surface area contributed by atoms with Gasteiger partial charge >= 0.3 is 11.9 Å². The van der Waals surface area contributed by atoms with Gasteiger partial charge in [0.15, 0.2) is 0 Å². The zero-order chi connectivity index (χ0) is 35.5. The first-order valence-corrected chi connectivity index (χ1v) is 20.2. The molecule has 1 N–H and O–H groups in total. The summed E-state index contributed by atoms with van der Waals surface area (Å²) >= 11 is 0. The minimum absolute atomic E-state index is 0.0308. The highest BCUT2D eigenvalue weighted by Gasteiger charge is 2.72. The third kappa shape index (κ3) is 4.92. The molecule has 7 fully saturated rings. The molecule has 1 heterocycles. The zero-order valence-electron chi connectivity index (χ0n) is 32.2. The summed E-state index contributed by atoms with van der Waals surface area (Å²) in [5.74, 6) is 1.47. The van der Waals surface area contributed by atoms with Crippen molar-refractivity contribution in [1.82, 2.24) is 4.90 Å². The van der Waals surface area contributed by atoms with Crippen molar-refractivity contribution in [1.29, 1.82) is 0 Å². The Bertz CT molecular complexity index is 1390. The number of fused-ring (bicyclic) bond motifs is 7. The fraction of sp³-hybridized carbons (Fsp3) is 0.884. The number of carbonyl (C=O) groups is 3. The van der Waals surface area contributed by atoms with Crippen LogP contribution in [-0.4, -0.2) is 47.0 Å². The second-order valence-electron chi connectivity index (χ2n) is 20.5. The molecule has 0 aromatic heterocycles. The van der Waals surface area contributed by atoms with E-state index in [2.05, 4.69) is 53.0 Å². The maximum Gasteiger partial charge on any atom is 0.310 e. The van der Waals surface area contributed by atoms with Crippen molar-refractivity contribution in [3.63, 3.8) is 0 Å². The number of allylic oxidation sites excluding steroid dienone is 1. The minimum Gasteiger partial charge on any atom is -0.481 e. The molecule has 6 heteroatoms. The Hall–Kier alpha value is -1.85. The number of hydrogen-bond acceptors (Lipinski definition) is 4. The maximum atomic E-state index is 14.7. The molecule has 0 aromatic rings. The van der Waals surface area contributed by atoms with Crippen LogP contribution in [0.5, 0.6) is 0 Å². The van der Waals surface area contributed by atoms with Gasteiger partial charge in [-0.2, -0.15) is 0 Å². The molecule has 1 amide bonds. The highest BCUT2D eigenvalue weighted by Crippen LogP contribution is 2.78. The van der Waals surface area contributed by atoms with Crippen LogP contribution < -0.4 is 0 Å². The van der Waals surface area contributed by atoms with E-state index in [0.29, 0.717) is 35.5 Å². The van der Waals surface area contributed by atoms with E-state index in [9.17, 15) is 19.5 Å². The van der Waals surface area contributed by atoms with Gasteiger partial charge in [-0.15, -0.1) is 0 Å². The monoisotopic (exact) mass is 678 g/mol. The summed E-state index contributed by atoms with van der Waals surface area (Å²) in [5.41, 5.74) is 1.17. The second kappa shape index (κ2) is 11.6. The number of esters is 1. The first-order valence-electron chi connectivity index (χ1n) is 20.2. The van der Waals surface area contributed by atoms with E-state index in [-0.39, 0.29) is 62.8 Å². The van der Waals surface area contributed by atoms with E-state index in [1.807, 2.05) is 13.8 Å². The second-order valence-corrected chi connectivity index (χ2v) is 20.5. The number of nitrogens with zero attached hydrogens (tertiary/aromatic N) is 1. The molecule has 7 rings (SSSR count). The summed E-state index contributed by atoms with van der Waals surface area (Å²) in [4.78, 5) is 42.0. The summed E-state index contributed by atoms with van der Waals surface area (Å²) < 4.78 is 6.43. The fourth-order valence-electron chi connectivity index (χ4n) is 15.1. The fourth-order valence-corrected chi connectivity index (χ4v) is 15.1. The lowest BCUT2D eigenvalue weighted by molar-refractivity contribution is -0.250. The smallest absolute Gasteiger partial charge is 0.310 e. The molecule has 6 aliphatic carbocycles. The molecule has 7 aliphatic rings. The lowest BCUT2D eigenvalue weighted by Crippen LogP contribution is -2.67. The van der Waals surface area contributed by atoms with Crippen molar-refractivity contribution in [2.75, 3.05) is 13.1 Å². The molecule has 0 aromatic carbocycles. The summed E-state index contributed by atoms with van der Waals surface area (Å²) in [6, 6.07) is 0. The van der Waals surface area contributed by atoms with Gasteiger partial charge in [0.1, 0.15) is 6.10 Å². The Morgan fingerprint density at radius 2 is 1.47 bits per heavy atom. The Morgan fingerprint density at radius 3 is 2.12 bits per heavy atom. The van der Waals surface area contributed by atoms with Crippen molar-refractivity contribution in [2.24, 2.45) is 73.9 Å². The van der Waals surface area contributed by atoms with Crippen molar-refractivity contribution < 1.29 is 24.2 Å². The SMILES string of the molecule is C=C(C)[C@@H]1CC[C@]2(C(=O)N3CCCCC3)CC[C@]3(C)[C@H](CC[C@@H]4[C@@]5(C)CC[C@H](OC(=O)[C@H]6[C@@H](CC(=O)O)C6(C)C)C(C)(C)[C@@H]5CC[C@]43C)[C@@H]12. The Labute approximate surface area is 296 Å². The molecule has 274 valence electrons. The van der Waals surface area contributed by atoms with E-state index in [1.54, 1.807) is 0 Å². The lowest BCUT2D eigenvalue weighted by Gasteiger charge is -2.73. The van der Waals surface area contributed by atoms with Crippen LogP contribution in [0.25, 0.3) is 0 Å². The first kappa shape index (κ1) is 35.5. The summed E-state index contributed by atoms with van der Waals surface area (Å²) in [6.07, 6.45) is 14.5. The first-order chi connectivity index (χ1) is 22.9. The molecular weight excluding hydrogens is 610 g/mol. The lowest BCUT2D eigenvalue weighted by atomic mass is 9.32. The maximum absolute atomic E-state index is 14.7. The molecule has 6 saturated carbocycles. The normalized spacial score (nSPS) is 47.9. The number of carboxylic acid groups (broad SMARTS) is 1. The van der Waals surface area contributed by atoms with Crippen molar-refractivity contribution in [3.05, 3.63) is 12.2 Å². The number of rotatable bonds is 6. The number of carbonyl (C=O) groups excluding carboxylic acids is 2. The largest absolute Gasteiger partial charge is 0.481 e. The van der Waals surface area contributed by atoms with E-state index in [0.717, 1.165) is 70.9 Å². The Kier molecular flexibility index (Phi) is 8.40. The van der Waals surface area contributed by atoms with Crippen LogP contribution in [0.1, 0.15) is 145 Å². The van der Waals surface area contributed by atoms with Gasteiger partial charge < -0.3 is 14.7 Å². The van der Waals surface area contributed by atoms with Crippen molar-refractivity contribution in [3.8, 4) is 0 Å². The van der Waals surface area contributed by atoms with Gasteiger partial charge in [0, 0.05) is 24.9 Å². The van der Waals surface area contributed by atoms with Gasteiger partial charge in [0.2, 0.25) is 5.91 Å². The topological polar surface area (TPSA) is 83.9 Å². The van der Waals surface area contributed by atoms with Gasteiger partial charge in [-0.05, 0) is 148 Å². The van der Waals surface area contributed by atoms with E-state index < -0.39 is 5.97 Å². The number of ether oxygens (including phenoxy) is 1. The van der Waals surface area contributed by atoms with Crippen LogP contribution in [0.2, 0.25) is 0 Å². The zero-order valence-corrected chi connectivity index (χ0v) is 32.2. The third-order valence-corrected chi connectivity index (χ3v) is 18.0. The van der Waals surface area contributed by atoms with Crippen LogP contribution in [0.4, 0.5) is 0 Å². The molecule has 1 saturated heterocycles. The van der Waals surface area contributed by atoms with Crippen molar-refractivity contribution >= 4 is 17.8 Å². The third-order valence-electron chi connectivity index (χ3n) is 18.0. The summed E-state index contributed by atoms with van der Waals surface area (Å²) in [6.45, 7) is 25.3. The van der Waals surface area contributed by atoms with Gasteiger partial charge in [-0.3, -0.25) is 14.4 Å². The standard InChI is InChI=1S/C43H67NO5/c1-26(2)27-15-20-43(37(48)44-23-11-10-12-24-44)22-21-41(8)28(34(27)43)13-14-31-40(7)18-17-32(39(5,6)30(40)16-19-42(31,41)9)49-36(47)35-29(25-33(45)46)38(35,3)4/h27-32,34-35H,1,10-25H2,2-9H3,(H,45,46)/t27-,28+,29+,30-,31+,32-,34+,35+,40-,41+,42+,43-/m0/s1.